The van der Waals surface area contributed by atoms with E-state index in [2.05, 4.69) is 0 Å². The summed E-state index contributed by atoms with van der Waals surface area (Å²) in [5.41, 5.74) is 5.32. The predicted molar refractivity (Wildman–Crippen MR) is 74.2 cm³/mol. The third-order valence-corrected chi connectivity index (χ3v) is 3.27. The van der Waals surface area contributed by atoms with Crippen LogP contribution in [-0.2, 0) is 16.0 Å². The van der Waals surface area contributed by atoms with Crippen molar-refractivity contribution in [1.29, 1.82) is 0 Å². The molecule has 0 aliphatic rings. The second-order valence-corrected chi connectivity index (χ2v) is 5.05. The highest BCUT2D eigenvalue weighted by atomic mass is 19.4. The second-order valence-electron chi connectivity index (χ2n) is 5.05. The number of benzene rings is 1. The number of carboxylic acids is 1. The van der Waals surface area contributed by atoms with Gasteiger partial charge in [0.2, 0.25) is 5.91 Å². The van der Waals surface area contributed by atoms with Crippen LogP contribution in [0.15, 0.2) is 18.2 Å². The van der Waals surface area contributed by atoms with Crippen LogP contribution in [0.3, 0.4) is 0 Å². The quantitative estimate of drug-likeness (QED) is 0.695. The molecule has 5 nitrogen and oxygen atoms in total. The van der Waals surface area contributed by atoms with E-state index in [4.69, 9.17) is 10.8 Å². The minimum absolute atomic E-state index is 0.0868. The van der Waals surface area contributed by atoms with Crippen LogP contribution >= 0.6 is 0 Å². The number of hydrogen-bond acceptors (Lipinski definition) is 3. The van der Waals surface area contributed by atoms with Crippen molar-refractivity contribution in [2.75, 3.05) is 5.32 Å². The molecule has 0 radical (unpaired) electrons. The number of nitrogens with two attached hydrogens (primary N) is 1. The molecule has 1 rings (SSSR count). The van der Waals surface area contributed by atoms with E-state index >= 15 is 0 Å². The van der Waals surface area contributed by atoms with Crippen molar-refractivity contribution >= 4 is 17.6 Å². The lowest BCUT2D eigenvalue weighted by Gasteiger charge is -2.22. The van der Waals surface area contributed by atoms with Crippen LogP contribution in [0.4, 0.5) is 23.2 Å². The van der Waals surface area contributed by atoms with Crippen LogP contribution in [0, 0.1) is 11.7 Å². The number of nitrogens with one attached hydrogen (secondary N) is 1. The molecule has 23 heavy (non-hydrogen) atoms. The fourth-order valence-electron chi connectivity index (χ4n) is 1.72. The average Bonchev–Trinajstić information content (AvgIpc) is 2.45. The number of halogens is 4. The van der Waals surface area contributed by atoms with E-state index in [9.17, 15) is 27.2 Å². The maximum Gasteiger partial charge on any atom is 0.393 e. The minimum Gasteiger partial charge on any atom is -0.481 e. The maximum absolute atomic E-state index is 13.6. The van der Waals surface area contributed by atoms with E-state index in [1.807, 2.05) is 5.32 Å². The van der Waals surface area contributed by atoms with Gasteiger partial charge < -0.3 is 16.2 Å². The van der Waals surface area contributed by atoms with Crippen molar-refractivity contribution in [2.24, 2.45) is 11.7 Å². The zero-order chi connectivity index (χ0) is 17.8. The second kappa shape index (κ2) is 7.40. The number of alkyl halides is 3. The van der Waals surface area contributed by atoms with Crippen molar-refractivity contribution in [3.05, 3.63) is 29.6 Å². The number of rotatable bonds is 6. The van der Waals surface area contributed by atoms with Crippen molar-refractivity contribution in [3.63, 3.8) is 0 Å². The SMILES string of the molecule is C[C@H]([C@@H](N)C(=O)Nc1cc(CCC(=O)O)ccc1F)C(F)(F)F. The van der Waals surface area contributed by atoms with Crippen LogP contribution in [0.1, 0.15) is 18.9 Å². The third kappa shape index (κ3) is 5.51. The van der Waals surface area contributed by atoms with Crippen molar-refractivity contribution in [2.45, 2.75) is 32.0 Å². The van der Waals surface area contributed by atoms with Crippen LogP contribution in [0.25, 0.3) is 0 Å². The summed E-state index contributed by atoms with van der Waals surface area (Å²) in [6.45, 7) is 0.754. The lowest BCUT2D eigenvalue weighted by Crippen LogP contribution is -2.46. The molecule has 0 aromatic heterocycles. The number of amides is 1. The number of aliphatic carboxylic acids is 1. The minimum atomic E-state index is -4.65. The lowest BCUT2D eigenvalue weighted by atomic mass is 10.0. The highest BCUT2D eigenvalue weighted by Crippen LogP contribution is 2.28. The molecule has 2 atom stereocenters. The zero-order valence-corrected chi connectivity index (χ0v) is 12.2. The fraction of sp³-hybridized carbons (Fsp3) is 0.429. The molecule has 9 heteroatoms. The van der Waals surface area contributed by atoms with Gasteiger partial charge in [0.05, 0.1) is 17.6 Å². The first-order chi connectivity index (χ1) is 10.5. The van der Waals surface area contributed by atoms with Gasteiger partial charge in [0, 0.05) is 6.42 Å². The molecule has 0 bridgehead atoms. The molecule has 1 aromatic rings. The fourth-order valence-corrected chi connectivity index (χ4v) is 1.72. The van der Waals surface area contributed by atoms with Crippen LogP contribution < -0.4 is 11.1 Å². The molecule has 0 unspecified atom stereocenters. The van der Waals surface area contributed by atoms with E-state index in [0.717, 1.165) is 13.0 Å². The molecule has 0 saturated carbocycles. The summed E-state index contributed by atoms with van der Waals surface area (Å²) < 4.78 is 51.2. The van der Waals surface area contributed by atoms with Gasteiger partial charge in [0.15, 0.2) is 0 Å². The van der Waals surface area contributed by atoms with Crippen LogP contribution in [0.5, 0.6) is 0 Å². The van der Waals surface area contributed by atoms with Gasteiger partial charge in [0.25, 0.3) is 0 Å². The predicted octanol–water partition coefficient (Wildman–Crippen LogP) is 2.31. The largest absolute Gasteiger partial charge is 0.481 e. The summed E-state index contributed by atoms with van der Waals surface area (Å²) in [7, 11) is 0. The smallest absolute Gasteiger partial charge is 0.393 e. The van der Waals surface area contributed by atoms with Gasteiger partial charge in [-0.15, -0.1) is 0 Å². The number of hydrogen-bond donors (Lipinski definition) is 3. The average molecular weight is 336 g/mol. The monoisotopic (exact) mass is 336 g/mol. The zero-order valence-electron chi connectivity index (χ0n) is 12.2. The topological polar surface area (TPSA) is 92.4 Å². The molecule has 0 heterocycles. The van der Waals surface area contributed by atoms with E-state index in [1.54, 1.807) is 0 Å². The summed E-state index contributed by atoms with van der Waals surface area (Å²) in [6, 6.07) is 1.59. The molecule has 0 saturated heterocycles. The van der Waals surface area contributed by atoms with Gasteiger partial charge in [-0.2, -0.15) is 13.2 Å². The van der Waals surface area contributed by atoms with Gasteiger partial charge in [-0.25, -0.2) is 4.39 Å². The number of aryl methyl sites for hydroxylation is 1. The molecule has 0 aliphatic heterocycles. The normalized spacial score (nSPS) is 14.2. The van der Waals surface area contributed by atoms with Crippen LogP contribution in [0.2, 0.25) is 0 Å². The number of carbonyl (C=O) groups excluding carboxylic acids is 1. The van der Waals surface area contributed by atoms with Crippen molar-refractivity contribution in [3.8, 4) is 0 Å². The first-order valence-electron chi connectivity index (χ1n) is 6.65. The molecular weight excluding hydrogens is 320 g/mol. The molecule has 0 aliphatic carbocycles. The Hall–Kier alpha value is -2.16. The summed E-state index contributed by atoms with van der Waals surface area (Å²) in [6.07, 6.45) is -4.77. The first-order valence-corrected chi connectivity index (χ1v) is 6.65. The summed E-state index contributed by atoms with van der Waals surface area (Å²) in [4.78, 5) is 22.2. The Morgan fingerprint density at radius 3 is 2.48 bits per heavy atom. The Labute approximate surface area is 129 Å². The summed E-state index contributed by atoms with van der Waals surface area (Å²) in [5.74, 6) is -5.19. The Balaban J connectivity index is 2.85. The standard InChI is InChI=1S/C14H16F4N2O3/c1-7(14(16,17)18)12(19)13(23)20-10-6-8(2-4-9(10)15)3-5-11(21)22/h2,4,6-7,12H,3,5,19H2,1H3,(H,20,23)(H,21,22)/t7-,12-/m1/s1. The Kier molecular flexibility index (Phi) is 6.08. The maximum atomic E-state index is 13.6. The summed E-state index contributed by atoms with van der Waals surface area (Å²) in [5, 5.41) is 10.6. The number of anilines is 1. The van der Waals surface area contributed by atoms with Crippen molar-refractivity contribution in [1.82, 2.24) is 0 Å². The third-order valence-electron chi connectivity index (χ3n) is 3.27. The van der Waals surface area contributed by atoms with Gasteiger partial charge in [-0.1, -0.05) is 13.0 Å². The number of carbonyl (C=O) groups is 2. The van der Waals surface area contributed by atoms with Gasteiger partial charge in [-0.3, -0.25) is 9.59 Å². The van der Waals surface area contributed by atoms with Crippen molar-refractivity contribution < 1.29 is 32.3 Å². The Morgan fingerprint density at radius 1 is 1.35 bits per heavy atom. The highest BCUT2D eigenvalue weighted by molar-refractivity contribution is 5.95. The highest BCUT2D eigenvalue weighted by Gasteiger charge is 2.42. The Bertz CT molecular complexity index is 590. The molecule has 1 amide bonds. The molecule has 0 fully saturated rings. The molecule has 1 aromatic carbocycles. The van der Waals surface area contributed by atoms with E-state index in [1.165, 1.54) is 12.1 Å². The first kappa shape index (κ1) is 18.9. The summed E-state index contributed by atoms with van der Waals surface area (Å²) >= 11 is 0. The van der Waals surface area contributed by atoms with E-state index < -0.39 is 35.8 Å². The number of carboxylic acid groups (broad SMARTS) is 1. The Morgan fingerprint density at radius 2 is 1.96 bits per heavy atom. The van der Waals surface area contributed by atoms with Gasteiger partial charge in [0.1, 0.15) is 5.82 Å². The van der Waals surface area contributed by atoms with E-state index in [-0.39, 0.29) is 18.5 Å². The van der Waals surface area contributed by atoms with Gasteiger partial charge in [-0.05, 0) is 24.1 Å². The molecule has 0 spiro atoms. The molecular formula is C14H16F4N2O3. The van der Waals surface area contributed by atoms with Crippen LogP contribution in [-0.4, -0.2) is 29.2 Å². The molecule has 4 N–H and O–H groups in total. The molecule has 128 valence electrons. The lowest BCUT2D eigenvalue weighted by molar-refractivity contribution is -0.176. The van der Waals surface area contributed by atoms with Gasteiger partial charge >= 0.3 is 12.1 Å². The van der Waals surface area contributed by atoms with E-state index in [0.29, 0.717) is 5.56 Å².